The Morgan fingerprint density at radius 1 is 0.889 bits per heavy atom. The third-order valence-electron chi connectivity index (χ3n) is 3.18. The topological polar surface area (TPSA) is 29.3 Å². The Kier molecular flexibility index (Phi) is 4.00. The average molecular weight is 240 g/mol. The zero-order chi connectivity index (χ0) is 13.0. The van der Waals surface area contributed by atoms with Gasteiger partial charge in [-0.1, -0.05) is 29.8 Å². The Morgan fingerprint density at radius 3 is 1.89 bits per heavy atom. The summed E-state index contributed by atoms with van der Waals surface area (Å²) in [5.41, 5.74) is 10.5. The molecule has 2 heteroatoms. The number of aryl methyl sites for hydroxylation is 1. The van der Waals surface area contributed by atoms with Crippen LogP contribution in [0.15, 0.2) is 48.5 Å². The zero-order valence-corrected chi connectivity index (χ0v) is 11.1. The van der Waals surface area contributed by atoms with Crippen molar-refractivity contribution in [1.82, 2.24) is 0 Å². The Labute approximate surface area is 109 Å². The summed E-state index contributed by atoms with van der Waals surface area (Å²) in [6.07, 6.45) is 0.939. The van der Waals surface area contributed by atoms with Gasteiger partial charge in [0.05, 0.1) is 0 Å². The van der Waals surface area contributed by atoms with E-state index in [1.807, 2.05) is 0 Å². The Hall–Kier alpha value is -1.80. The van der Waals surface area contributed by atoms with Gasteiger partial charge in [-0.3, -0.25) is 0 Å². The normalized spacial score (nSPS) is 10.4. The smallest absolute Gasteiger partial charge is 0.0408 e. The third-order valence-corrected chi connectivity index (χ3v) is 3.18. The first-order chi connectivity index (χ1) is 8.70. The molecule has 0 aliphatic heterocycles. The van der Waals surface area contributed by atoms with Crippen LogP contribution in [0, 0.1) is 6.92 Å². The SMILES string of the molecule is Cc1ccc(N(C)c2ccc(CCN)cc2)cc1. The van der Waals surface area contributed by atoms with E-state index in [0.29, 0.717) is 6.54 Å². The molecule has 94 valence electrons. The monoisotopic (exact) mass is 240 g/mol. The van der Waals surface area contributed by atoms with Crippen LogP contribution >= 0.6 is 0 Å². The molecule has 0 bridgehead atoms. The fourth-order valence-corrected chi connectivity index (χ4v) is 1.97. The lowest BCUT2D eigenvalue weighted by molar-refractivity contribution is 0.968. The van der Waals surface area contributed by atoms with Crippen molar-refractivity contribution < 1.29 is 0 Å². The Bertz CT molecular complexity index is 486. The van der Waals surface area contributed by atoms with Crippen LogP contribution in [0.1, 0.15) is 11.1 Å². The van der Waals surface area contributed by atoms with Gasteiger partial charge in [-0.05, 0) is 49.7 Å². The lowest BCUT2D eigenvalue weighted by Gasteiger charge is -2.20. The summed E-state index contributed by atoms with van der Waals surface area (Å²) in [6.45, 7) is 2.80. The minimum Gasteiger partial charge on any atom is -0.345 e. The highest BCUT2D eigenvalue weighted by atomic mass is 15.1. The maximum atomic E-state index is 5.55. The molecule has 2 rings (SSSR count). The van der Waals surface area contributed by atoms with Crippen molar-refractivity contribution in [2.75, 3.05) is 18.5 Å². The molecule has 0 saturated carbocycles. The number of anilines is 2. The van der Waals surface area contributed by atoms with Gasteiger partial charge in [0.2, 0.25) is 0 Å². The third kappa shape index (κ3) is 2.90. The molecule has 0 spiro atoms. The minimum absolute atomic E-state index is 0.702. The zero-order valence-electron chi connectivity index (χ0n) is 11.1. The lowest BCUT2D eigenvalue weighted by atomic mass is 10.1. The number of nitrogens with two attached hydrogens (primary N) is 1. The Balaban J connectivity index is 2.17. The van der Waals surface area contributed by atoms with E-state index in [2.05, 4.69) is 67.4 Å². The molecular weight excluding hydrogens is 220 g/mol. The molecule has 0 aliphatic carbocycles. The number of hydrogen-bond acceptors (Lipinski definition) is 2. The quantitative estimate of drug-likeness (QED) is 0.888. The molecule has 0 saturated heterocycles. The summed E-state index contributed by atoms with van der Waals surface area (Å²) in [5.74, 6) is 0. The van der Waals surface area contributed by atoms with E-state index in [-0.39, 0.29) is 0 Å². The van der Waals surface area contributed by atoms with Crippen molar-refractivity contribution in [3.8, 4) is 0 Å². The molecule has 0 aliphatic rings. The van der Waals surface area contributed by atoms with Crippen LogP contribution in [0.4, 0.5) is 11.4 Å². The molecule has 0 amide bonds. The highest BCUT2D eigenvalue weighted by Crippen LogP contribution is 2.23. The van der Waals surface area contributed by atoms with E-state index in [1.165, 1.54) is 22.5 Å². The van der Waals surface area contributed by atoms with Gasteiger partial charge in [0.15, 0.2) is 0 Å². The van der Waals surface area contributed by atoms with E-state index in [9.17, 15) is 0 Å². The first kappa shape index (κ1) is 12.7. The second-order valence-electron chi connectivity index (χ2n) is 4.60. The first-order valence-corrected chi connectivity index (χ1v) is 6.30. The summed E-state index contributed by atoms with van der Waals surface area (Å²) >= 11 is 0. The van der Waals surface area contributed by atoms with Crippen molar-refractivity contribution in [2.45, 2.75) is 13.3 Å². The molecule has 0 unspecified atom stereocenters. The molecule has 0 aromatic heterocycles. The molecule has 2 aromatic carbocycles. The van der Waals surface area contributed by atoms with Gasteiger partial charge in [0.1, 0.15) is 0 Å². The summed E-state index contributed by atoms with van der Waals surface area (Å²) in [6, 6.07) is 17.1. The molecule has 0 atom stereocenters. The number of rotatable bonds is 4. The fourth-order valence-electron chi connectivity index (χ4n) is 1.97. The van der Waals surface area contributed by atoms with E-state index >= 15 is 0 Å². The second-order valence-corrected chi connectivity index (χ2v) is 4.60. The van der Waals surface area contributed by atoms with Crippen LogP contribution < -0.4 is 10.6 Å². The number of hydrogen-bond donors (Lipinski definition) is 1. The van der Waals surface area contributed by atoms with Crippen LogP contribution in [0.3, 0.4) is 0 Å². The van der Waals surface area contributed by atoms with Crippen molar-refractivity contribution in [2.24, 2.45) is 5.73 Å². The van der Waals surface area contributed by atoms with E-state index in [4.69, 9.17) is 5.73 Å². The van der Waals surface area contributed by atoms with Crippen molar-refractivity contribution in [3.05, 3.63) is 59.7 Å². The number of benzene rings is 2. The molecule has 0 heterocycles. The van der Waals surface area contributed by atoms with Crippen LogP contribution in [0.5, 0.6) is 0 Å². The molecule has 0 radical (unpaired) electrons. The summed E-state index contributed by atoms with van der Waals surface area (Å²) in [4.78, 5) is 2.19. The maximum absolute atomic E-state index is 5.55. The molecule has 2 aromatic rings. The van der Waals surface area contributed by atoms with E-state index < -0.39 is 0 Å². The van der Waals surface area contributed by atoms with Crippen molar-refractivity contribution in [1.29, 1.82) is 0 Å². The minimum atomic E-state index is 0.702. The van der Waals surface area contributed by atoms with Gasteiger partial charge < -0.3 is 10.6 Å². The highest BCUT2D eigenvalue weighted by Gasteiger charge is 2.03. The molecule has 0 fully saturated rings. The first-order valence-electron chi connectivity index (χ1n) is 6.30. The van der Waals surface area contributed by atoms with E-state index in [0.717, 1.165) is 6.42 Å². The second kappa shape index (κ2) is 5.69. The van der Waals surface area contributed by atoms with Crippen LogP contribution in [-0.4, -0.2) is 13.6 Å². The van der Waals surface area contributed by atoms with Gasteiger partial charge in [0, 0.05) is 18.4 Å². The Morgan fingerprint density at radius 2 is 1.39 bits per heavy atom. The van der Waals surface area contributed by atoms with Gasteiger partial charge in [0.25, 0.3) is 0 Å². The van der Waals surface area contributed by atoms with Crippen LogP contribution in [0.2, 0.25) is 0 Å². The largest absolute Gasteiger partial charge is 0.345 e. The van der Waals surface area contributed by atoms with Crippen molar-refractivity contribution in [3.63, 3.8) is 0 Å². The summed E-state index contributed by atoms with van der Waals surface area (Å²) in [5, 5.41) is 0. The molecule has 18 heavy (non-hydrogen) atoms. The van der Waals surface area contributed by atoms with Crippen LogP contribution in [-0.2, 0) is 6.42 Å². The van der Waals surface area contributed by atoms with Gasteiger partial charge in [-0.15, -0.1) is 0 Å². The predicted molar refractivity (Wildman–Crippen MR) is 78.4 cm³/mol. The van der Waals surface area contributed by atoms with E-state index in [1.54, 1.807) is 0 Å². The van der Waals surface area contributed by atoms with Gasteiger partial charge in [-0.2, -0.15) is 0 Å². The highest BCUT2D eigenvalue weighted by molar-refractivity contribution is 5.62. The van der Waals surface area contributed by atoms with Gasteiger partial charge >= 0.3 is 0 Å². The molecule has 2 N–H and O–H groups in total. The fraction of sp³-hybridized carbons (Fsp3) is 0.250. The average Bonchev–Trinajstić information content (AvgIpc) is 2.40. The summed E-state index contributed by atoms with van der Waals surface area (Å²) < 4.78 is 0. The lowest BCUT2D eigenvalue weighted by Crippen LogP contribution is -2.09. The standard InChI is InChI=1S/C16H20N2/c1-13-3-7-15(8-4-13)18(2)16-9-5-14(6-10-16)11-12-17/h3-10H,11-12,17H2,1-2H3. The molecular formula is C16H20N2. The van der Waals surface area contributed by atoms with Gasteiger partial charge in [-0.25, -0.2) is 0 Å². The summed E-state index contributed by atoms with van der Waals surface area (Å²) in [7, 11) is 2.09. The number of nitrogens with zero attached hydrogens (tertiary/aromatic N) is 1. The molecule has 2 nitrogen and oxygen atoms in total. The van der Waals surface area contributed by atoms with Crippen LogP contribution in [0.25, 0.3) is 0 Å². The maximum Gasteiger partial charge on any atom is 0.0408 e. The van der Waals surface area contributed by atoms with Crippen molar-refractivity contribution >= 4 is 11.4 Å². The predicted octanol–water partition coefficient (Wildman–Crippen LogP) is 3.26.